The largest absolute Gasteiger partial charge is 0.383 e. The van der Waals surface area contributed by atoms with Crippen molar-refractivity contribution in [3.63, 3.8) is 0 Å². The van der Waals surface area contributed by atoms with Gasteiger partial charge in [-0.3, -0.25) is 0 Å². The highest BCUT2D eigenvalue weighted by atomic mass is 35.5. The lowest BCUT2D eigenvalue weighted by molar-refractivity contribution is 0.205. The first-order valence-electron chi connectivity index (χ1n) is 5.31. The van der Waals surface area contributed by atoms with Gasteiger partial charge in [0.05, 0.1) is 11.6 Å². The number of nitrogens with two attached hydrogens (primary N) is 1. The van der Waals surface area contributed by atoms with Crippen molar-refractivity contribution >= 4 is 17.4 Å². The number of ether oxygens (including phenoxy) is 1. The van der Waals surface area contributed by atoms with Crippen LogP contribution in [-0.2, 0) is 11.3 Å². The van der Waals surface area contributed by atoms with Crippen molar-refractivity contribution in [2.45, 2.75) is 13.5 Å². The summed E-state index contributed by atoms with van der Waals surface area (Å²) in [7, 11) is 1.68. The van der Waals surface area contributed by atoms with Crippen LogP contribution in [0.3, 0.4) is 0 Å². The Morgan fingerprint density at radius 3 is 2.81 bits per heavy atom. The third kappa shape index (κ3) is 3.33. The van der Waals surface area contributed by atoms with E-state index in [4.69, 9.17) is 22.1 Å². The van der Waals surface area contributed by atoms with E-state index in [-0.39, 0.29) is 0 Å². The van der Waals surface area contributed by atoms with Gasteiger partial charge >= 0.3 is 0 Å². The van der Waals surface area contributed by atoms with Gasteiger partial charge in [-0.15, -0.1) is 0 Å². The summed E-state index contributed by atoms with van der Waals surface area (Å²) in [5.41, 5.74) is 6.47. The molecular weight excluding hydrogens is 226 g/mol. The quantitative estimate of drug-likeness (QED) is 0.826. The van der Waals surface area contributed by atoms with E-state index in [1.807, 2.05) is 6.07 Å². The van der Waals surface area contributed by atoms with Gasteiger partial charge in [0.25, 0.3) is 0 Å². The lowest BCUT2D eigenvalue weighted by Crippen LogP contribution is -2.28. The first-order chi connectivity index (χ1) is 7.72. The molecule has 0 radical (unpaired) electrons. The number of aromatic nitrogens is 1. The number of halogens is 1. The third-order valence-corrected chi connectivity index (χ3v) is 2.64. The number of hydrogen-bond acceptors (Lipinski definition) is 4. The monoisotopic (exact) mass is 243 g/mol. The Labute approximate surface area is 101 Å². The number of hydrogen-bond donors (Lipinski definition) is 1. The number of likely N-dealkylation sites (N-methyl/N-ethyl adjacent to an activating group) is 1. The van der Waals surface area contributed by atoms with Gasteiger partial charge in [-0.05, 0) is 18.6 Å². The lowest BCUT2D eigenvalue weighted by atomic mass is 10.3. The first kappa shape index (κ1) is 13.2. The van der Waals surface area contributed by atoms with E-state index in [9.17, 15) is 0 Å². The van der Waals surface area contributed by atoms with E-state index in [2.05, 4.69) is 16.8 Å². The van der Waals surface area contributed by atoms with Crippen LogP contribution in [0.2, 0.25) is 5.02 Å². The minimum Gasteiger partial charge on any atom is -0.383 e. The second-order valence-corrected chi connectivity index (χ2v) is 3.83. The van der Waals surface area contributed by atoms with E-state index in [1.165, 1.54) is 0 Å². The number of rotatable bonds is 6. The molecular formula is C11H18ClN3O. The minimum absolute atomic E-state index is 0.456. The van der Waals surface area contributed by atoms with Crippen LogP contribution in [0.25, 0.3) is 0 Å². The molecule has 5 heteroatoms. The van der Waals surface area contributed by atoms with Crippen molar-refractivity contribution in [1.82, 2.24) is 4.98 Å². The zero-order valence-corrected chi connectivity index (χ0v) is 10.5. The van der Waals surface area contributed by atoms with Crippen molar-refractivity contribution in [1.29, 1.82) is 0 Å². The molecule has 0 spiro atoms. The van der Waals surface area contributed by atoms with Gasteiger partial charge in [-0.2, -0.15) is 0 Å². The Hall–Kier alpha value is -0.840. The molecule has 1 aromatic heterocycles. The molecule has 1 heterocycles. The summed E-state index contributed by atoms with van der Waals surface area (Å²) < 4.78 is 5.05. The summed E-state index contributed by atoms with van der Waals surface area (Å²) in [6, 6.07) is 1.86. The van der Waals surface area contributed by atoms with Crippen LogP contribution in [0.1, 0.15) is 12.5 Å². The summed E-state index contributed by atoms with van der Waals surface area (Å²) in [4.78, 5) is 6.41. The number of methoxy groups -OCH3 is 1. The number of nitrogens with zero attached hydrogens (tertiary/aromatic N) is 2. The van der Waals surface area contributed by atoms with Crippen LogP contribution in [0, 0.1) is 0 Å². The molecule has 90 valence electrons. The Kier molecular flexibility index (Phi) is 5.52. The van der Waals surface area contributed by atoms with Crippen LogP contribution in [-0.4, -0.2) is 31.8 Å². The van der Waals surface area contributed by atoms with E-state index < -0.39 is 0 Å². The van der Waals surface area contributed by atoms with Gasteiger partial charge < -0.3 is 15.4 Å². The summed E-state index contributed by atoms with van der Waals surface area (Å²) >= 11 is 6.16. The van der Waals surface area contributed by atoms with E-state index in [0.29, 0.717) is 18.2 Å². The molecule has 0 aliphatic heterocycles. The molecule has 16 heavy (non-hydrogen) atoms. The Bertz CT molecular complexity index is 333. The zero-order valence-electron chi connectivity index (χ0n) is 9.74. The maximum Gasteiger partial charge on any atom is 0.147 e. The molecule has 0 saturated carbocycles. The predicted molar refractivity (Wildman–Crippen MR) is 66.9 cm³/mol. The molecule has 1 rings (SSSR count). The fraction of sp³-hybridized carbons (Fsp3) is 0.545. The fourth-order valence-corrected chi connectivity index (χ4v) is 1.74. The van der Waals surface area contributed by atoms with Crippen molar-refractivity contribution in [2.75, 3.05) is 31.7 Å². The highest BCUT2D eigenvalue weighted by Crippen LogP contribution is 2.23. The van der Waals surface area contributed by atoms with Crippen LogP contribution < -0.4 is 10.6 Å². The molecule has 0 saturated heterocycles. The lowest BCUT2D eigenvalue weighted by Gasteiger charge is -2.22. The van der Waals surface area contributed by atoms with Crippen LogP contribution in [0.4, 0.5) is 5.82 Å². The average molecular weight is 244 g/mol. The zero-order chi connectivity index (χ0) is 12.0. The maximum atomic E-state index is 6.16. The van der Waals surface area contributed by atoms with Crippen LogP contribution >= 0.6 is 11.6 Å². The highest BCUT2D eigenvalue weighted by molar-refractivity contribution is 6.33. The Morgan fingerprint density at radius 1 is 1.56 bits per heavy atom. The summed E-state index contributed by atoms with van der Waals surface area (Å²) in [6.07, 6.45) is 1.76. The Balaban J connectivity index is 2.83. The molecule has 0 fully saturated rings. The molecule has 0 amide bonds. The first-order valence-corrected chi connectivity index (χ1v) is 5.69. The van der Waals surface area contributed by atoms with Gasteiger partial charge in [0.1, 0.15) is 5.82 Å². The highest BCUT2D eigenvalue weighted by Gasteiger charge is 2.10. The minimum atomic E-state index is 0.456. The third-order valence-electron chi connectivity index (χ3n) is 2.36. The topological polar surface area (TPSA) is 51.4 Å². The molecule has 0 atom stereocenters. The molecule has 0 aliphatic rings. The maximum absolute atomic E-state index is 6.16. The number of anilines is 1. The second kappa shape index (κ2) is 6.68. The summed E-state index contributed by atoms with van der Waals surface area (Å²) in [5, 5.41) is 0.640. The van der Waals surface area contributed by atoms with E-state index in [1.54, 1.807) is 13.3 Å². The van der Waals surface area contributed by atoms with Gasteiger partial charge in [0.15, 0.2) is 0 Å². The van der Waals surface area contributed by atoms with Gasteiger partial charge in [0.2, 0.25) is 0 Å². The van der Waals surface area contributed by atoms with E-state index >= 15 is 0 Å². The molecule has 1 aromatic rings. The van der Waals surface area contributed by atoms with Crippen LogP contribution in [0.15, 0.2) is 12.3 Å². The molecule has 0 bridgehead atoms. The van der Waals surface area contributed by atoms with Crippen molar-refractivity contribution < 1.29 is 4.74 Å². The van der Waals surface area contributed by atoms with Gasteiger partial charge in [0, 0.05) is 32.9 Å². The van der Waals surface area contributed by atoms with Crippen molar-refractivity contribution in [2.24, 2.45) is 5.73 Å². The Morgan fingerprint density at radius 2 is 2.31 bits per heavy atom. The molecule has 0 unspecified atom stereocenters. The van der Waals surface area contributed by atoms with E-state index in [0.717, 1.165) is 24.5 Å². The summed E-state index contributed by atoms with van der Waals surface area (Å²) in [5.74, 6) is 0.790. The predicted octanol–water partition coefficient (Wildman–Crippen LogP) is 1.67. The fourth-order valence-electron chi connectivity index (χ4n) is 1.43. The normalized spacial score (nSPS) is 10.5. The van der Waals surface area contributed by atoms with Gasteiger partial charge in [-0.1, -0.05) is 11.6 Å². The van der Waals surface area contributed by atoms with Crippen LogP contribution in [0.5, 0.6) is 0 Å². The second-order valence-electron chi connectivity index (χ2n) is 3.43. The standard InChI is InChI=1S/C11H18ClN3O/c1-3-15(4-5-16-2)11-10(12)6-9(7-13)8-14-11/h6,8H,3-5,7,13H2,1-2H3. The molecule has 0 aliphatic carbocycles. The summed E-state index contributed by atoms with van der Waals surface area (Å²) in [6.45, 7) is 4.80. The molecule has 0 aromatic carbocycles. The van der Waals surface area contributed by atoms with Crippen molar-refractivity contribution in [3.8, 4) is 0 Å². The molecule has 4 nitrogen and oxygen atoms in total. The number of pyridine rings is 1. The van der Waals surface area contributed by atoms with Gasteiger partial charge in [-0.25, -0.2) is 4.98 Å². The SMILES string of the molecule is CCN(CCOC)c1ncc(CN)cc1Cl. The smallest absolute Gasteiger partial charge is 0.147 e. The average Bonchev–Trinajstić information content (AvgIpc) is 2.31. The molecule has 2 N–H and O–H groups in total. The van der Waals surface area contributed by atoms with Crippen molar-refractivity contribution in [3.05, 3.63) is 22.8 Å².